The fraction of sp³-hybridized carbons (Fsp3) is 0.143. The molecule has 0 bridgehead atoms. The van der Waals surface area contributed by atoms with Crippen LogP contribution in [0.1, 0.15) is 35.8 Å². The van der Waals surface area contributed by atoms with E-state index in [1.54, 1.807) is 17.5 Å². The van der Waals surface area contributed by atoms with Gasteiger partial charge < -0.3 is 14.4 Å². The minimum absolute atomic E-state index is 0. The van der Waals surface area contributed by atoms with Crippen molar-refractivity contribution in [2.75, 3.05) is 0 Å². The van der Waals surface area contributed by atoms with Gasteiger partial charge in [0.25, 0.3) is 0 Å². The quantitative estimate of drug-likeness (QED) is 0.171. The predicted molar refractivity (Wildman–Crippen MR) is 163 cm³/mol. The number of rotatable bonds is 3. The molecule has 0 aliphatic carbocycles. The van der Waals surface area contributed by atoms with Gasteiger partial charge in [-0.05, 0) is 59.8 Å². The van der Waals surface area contributed by atoms with E-state index in [4.69, 9.17) is 4.42 Å². The number of furan rings is 1. The Kier molecular flexibility index (Phi) is 8.27. The molecule has 0 atom stereocenters. The second-order valence-electron chi connectivity index (χ2n) is 9.99. The van der Waals surface area contributed by atoms with Crippen LogP contribution in [-0.2, 0) is 20.1 Å². The van der Waals surface area contributed by atoms with Crippen LogP contribution in [0.25, 0.3) is 54.5 Å². The van der Waals surface area contributed by atoms with Gasteiger partial charge in [-0.2, -0.15) is 0 Å². The number of hydrogen-bond donors (Lipinski definition) is 0. The Hall–Kier alpha value is -3.63. The van der Waals surface area contributed by atoms with Crippen molar-refractivity contribution < 1.29 is 24.5 Å². The molecule has 5 heteroatoms. The topological polar surface area (TPSA) is 38.9 Å². The van der Waals surface area contributed by atoms with E-state index in [0.29, 0.717) is 5.92 Å². The first-order valence-electron chi connectivity index (χ1n) is 13.1. The molecule has 4 heterocycles. The Morgan fingerprint density at radius 1 is 0.800 bits per heavy atom. The minimum Gasteiger partial charge on any atom is -0.499 e. The summed E-state index contributed by atoms with van der Waals surface area (Å²) < 4.78 is 7.65. The Balaban J connectivity index is 0.000000209. The Morgan fingerprint density at radius 2 is 1.62 bits per heavy atom. The van der Waals surface area contributed by atoms with Gasteiger partial charge in [0.05, 0.1) is 10.3 Å². The Morgan fingerprint density at radius 3 is 2.38 bits per heavy atom. The molecule has 201 valence electrons. The molecule has 40 heavy (non-hydrogen) atoms. The summed E-state index contributed by atoms with van der Waals surface area (Å²) in [5, 5.41) is 3.52. The van der Waals surface area contributed by atoms with Crippen LogP contribution in [0.3, 0.4) is 0 Å². The summed E-state index contributed by atoms with van der Waals surface area (Å²) in [5.41, 5.74) is 8.25. The van der Waals surface area contributed by atoms with Gasteiger partial charge in [-0.3, -0.25) is 0 Å². The summed E-state index contributed by atoms with van der Waals surface area (Å²) in [4.78, 5) is 10.2. The van der Waals surface area contributed by atoms with Gasteiger partial charge in [-0.15, -0.1) is 65.4 Å². The average molecular weight is 717 g/mol. The number of pyridine rings is 2. The number of aryl methyl sites for hydroxylation is 2. The van der Waals surface area contributed by atoms with Gasteiger partial charge in [0.15, 0.2) is 0 Å². The van der Waals surface area contributed by atoms with Crippen molar-refractivity contribution in [2.24, 2.45) is 0 Å². The van der Waals surface area contributed by atoms with Crippen LogP contribution < -0.4 is 0 Å². The molecule has 0 aliphatic rings. The first-order chi connectivity index (χ1) is 19.0. The molecule has 0 spiro atoms. The van der Waals surface area contributed by atoms with Crippen molar-refractivity contribution in [1.82, 2.24) is 9.97 Å². The van der Waals surface area contributed by atoms with E-state index in [9.17, 15) is 0 Å². The molecule has 3 aromatic carbocycles. The maximum absolute atomic E-state index is 6.43. The van der Waals surface area contributed by atoms with Gasteiger partial charge in [-0.25, -0.2) is 0 Å². The molecule has 0 N–H and O–H groups in total. The van der Waals surface area contributed by atoms with Crippen LogP contribution in [0.2, 0.25) is 0 Å². The Labute approximate surface area is 252 Å². The van der Waals surface area contributed by atoms with Crippen LogP contribution in [0, 0.1) is 26.0 Å². The summed E-state index contributed by atoms with van der Waals surface area (Å²) in [6.45, 7) is 8.69. The molecule has 4 aromatic heterocycles. The maximum atomic E-state index is 6.43. The standard InChI is InChI=1S/C24H20NOS.C11H8N.Ir/c1-13(2)20-11-21(25-12-14(20)3)19-7-5-6-17-18-9-8-16-10-15(4)27-24(16)23(18)26-22(17)19;1-2-6-10(7-3-1)11-8-4-5-9-12-11;/h5-6,8-13H,1-4H3;1-6,8-9H;/q2*-1;. The molecule has 0 fully saturated rings. The molecule has 0 saturated heterocycles. The van der Waals surface area contributed by atoms with Crippen LogP contribution in [0.4, 0.5) is 0 Å². The van der Waals surface area contributed by atoms with Gasteiger partial charge in [-0.1, -0.05) is 55.1 Å². The zero-order valence-corrected chi connectivity index (χ0v) is 26.0. The van der Waals surface area contributed by atoms with Crippen molar-refractivity contribution in [2.45, 2.75) is 33.6 Å². The van der Waals surface area contributed by atoms with Crippen molar-refractivity contribution in [1.29, 1.82) is 0 Å². The van der Waals surface area contributed by atoms with Gasteiger partial charge in [0.2, 0.25) is 0 Å². The van der Waals surface area contributed by atoms with Crippen molar-refractivity contribution in [3.8, 4) is 22.5 Å². The van der Waals surface area contributed by atoms with Gasteiger partial charge in [0.1, 0.15) is 5.58 Å². The molecular formula is C35H28IrN2OS-2. The first-order valence-corrected chi connectivity index (χ1v) is 13.9. The van der Waals surface area contributed by atoms with Crippen molar-refractivity contribution in [3.63, 3.8) is 0 Å². The van der Waals surface area contributed by atoms with E-state index in [-0.39, 0.29) is 20.1 Å². The molecule has 1 radical (unpaired) electrons. The maximum Gasteiger partial charge on any atom is 0.138 e. The zero-order chi connectivity index (χ0) is 26.9. The molecule has 0 amide bonds. The zero-order valence-electron chi connectivity index (χ0n) is 22.8. The average Bonchev–Trinajstić information content (AvgIpc) is 3.54. The monoisotopic (exact) mass is 717 g/mol. The first kappa shape index (κ1) is 27.9. The molecule has 0 unspecified atom stereocenters. The third kappa shape index (κ3) is 5.38. The number of aromatic nitrogens is 2. The van der Waals surface area contributed by atoms with E-state index in [0.717, 1.165) is 44.5 Å². The van der Waals surface area contributed by atoms with E-state index < -0.39 is 0 Å². The molecule has 7 aromatic rings. The fourth-order valence-electron chi connectivity index (χ4n) is 4.99. The molecular weight excluding hydrogens is 689 g/mol. The van der Waals surface area contributed by atoms with Crippen LogP contribution in [-0.4, -0.2) is 9.97 Å². The third-order valence-corrected chi connectivity index (χ3v) is 7.95. The normalized spacial score (nSPS) is 11.0. The molecule has 7 rings (SSSR count). The summed E-state index contributed by atoms with van der Waals surface area (Å²) in [6.07, 6.45) is 3.75. The minimum atomic E-state index is 0. The second kappa shape index (κ2) is 11.9. The van der Waals surface area contributed by atoms with Crippen LogP contribution >= 0.6 is 11.3 Å². The summed E-state index contributed by atoms with van der Waals surface area (Å²) in [5.74, 6) is 0.454. The van der Waals surface area contributed by atoms with Crippen LogP contribution in [0.5, 0.6) is 0 Å². The summed E-state index contributed by atoms with van der Waals surface area (Å²) in [7, 11) is 0. The number of benzene rings is 3. The summed E-state index contributed by atoms with van der Waals surface area (Å²) >= 11 is 1.79. The van der Waals surface area contributed by atoms with E-state index in [1.807, 2.05) is 54.7 Å². The molecule has 3 nitrogen and oxygen atoms in total. The number of thiophene rings is 1. The van der Waals surface area contributed by atoms with Crippen molar-refractivity contribution >= 4 is 43.4 Å². The van der Waals surface area contributed by atoms with Crippen LogP contribution in [0.15, 0.2) is 95.7 Å². The van der Waals surface area contributed by atoms with E-state index in [1.165, 1.54) is 26.1 Å². The van der Waals surface area contributed by atoms with Crippen molar-refractivity contribution in [3.05, 3.63) is 119 Å². The van der Waals surface area contributed by atoms with E-state index >= 15 is 0 Å². The number of fused-ring (bicyclic) bond motifs is 5. The predicted octanol–water partition coefficient (Wildman–Crippen LogP) is 9.95. The fourth-order valence-corrected chi connectivity index (χ4v) is 5.98. The summed E-state index contributed by atoms with van der Waals surface area (Å²) in [6, 6.07) is 33.0. The smallest absolute Gasteiger partial charge is 0.138 e. The van der Waals surface area contributed by atoms with Gasteiger partial charge >= 0.3 is 0 Å². The third-order valence-electron chi connectivity index (χ3n) is 6.88. The molecule has 0 saturated carbocycles. The van der Waals surface area contributed by atoms with E-state index in [2.05, 4.69) is 80.1 Å². The molecule has 0 aliphatic heterocycles. The van der Waals surface area contributed by atoms with Gasteiger partial charge in [0, 0.05) is 42.8 Å². The Bertz CT molecular complexity index is 1870. The number of nitrogens with zero attached hydrogens (tertiary/aromatic N) is 2. The number of hydrogen-bond acceptors (Lipinski definition) is 4. The largest absolute Gasteiger partial charge is 0.499 e. The second-order valence-corrected chi connectivity index (χ2v) is 11.2. The SMILES string of the molecule is Cc1cc2ccc3c4cc[c-]c(-c5cc(C(C)C)c(C)cn5)c4oc3c2s1.[Ir].[c-]1ccccc1-c1ccccn1.